The monoisotopic (exact) mass is 341 g/mol. The Kier molecular flexibility index (Phi) is 4.73. The van der Waals surface area contributed by atoms with Crippen LogP contribution in [0, 0.1) is 11.6 Å². The van der Waals surface area contributed by atoms with Crippen LogP contribution in [-0.2, 0) is 6.42 Å². The summed E-state index contributed by atoms with van der Waals surface area (Å²) in [6, 6.07) is 8.52. The molecule has 0 heterocycles. The minimum Gasteiger partial charge on any atom is -0.453 e. The van der Waals surface area contributed by atoms with Gasteiger partial charge in [-0.25, -0.2) is 8.78 Å². The van der Waals surface area contributed by atoms with Crippen LogP contribution in [-0.4, -0.2) is 6.04 Å². The molecule has 2 rings (SSSR count). The van der Waals surface area contributed by atoms with Crippen LogP contribution in [0.2, 0.25) is 0 Å². The zero-order valence-electron chi connectivity index (χ0n) is 10.9. The zero-order valence-corrected chi connectivity index (χ0v) is 12.5. The Morgan fingerprint density at radius 3 is 2.70 bits per heavy atom. The van der Waals surface area contributed by atoms with Gasteiger partial charge in [0.15, 0.2) is 11.6 Å². The molecule has 0 aliphatic heterocycles. The topological polar surface area (TPSA) is 35.2 Å². The number of halogens is 3. The Morgan fingerprint density at radius 1 is 1.25 bits per heavy atom. The summed E-state index contributed by atoms with van der Waals surface area (Å²) >= 11 is 3.25. The number of rotatable bonds is 4. The van der Waals surface area contributed by atoms with Crippen molar-refractivity contribution >= 4 is 15.9 Å². The highest BCUT2D eigenvalue weighted by Crippen LogP contribution is 2.34. The summed E-state index contributed by atoms with van der Waals surface area (Å²) in [5, 5.41) is 0. The molecule has 0 spiro atoms. The molecule has 0 aliphatic carbocycles. The summed E-state index contributed by atoms with van der Waals surface area (Å²) in [7, 11) is 0. The van der Waals surface area contributed by atoms with Crippen molar-refractivity contribution in [1.29, 1.82) is 0 Å². The summed E-state index contributed by atoms with van der Waals surface area (Å²) in [6.45, 7) is 1.83. The zero-order chi connectivity index (χ0) is 14.7. The van der Waals surface area contributed by atoms with Crippen LogP contribution in [0.15, 0.2) is 40.9 Å². The van der Waals surface area contributed by atoms with Gasteiger partial charge in [0, 0.05) is 12.1 Å². The molecule has 1 unspecified atom stereocenters. The maximum atomic E-state index is 13.9. The van der Waals surface area contributed by atoms with E-state index in [0.29, 0.717) is 16.5 Å². The molecule has 0 amide bonds. The normalized spacial score (nSPS) is 12.2. The molecule has 5 heteroatoms. The van der Waals surface area contributed by atoms with Crippen LogP contribution in [0.1, 0.15) is 12.5 Å². The lowest BCUT2D eigenvalue weighted by atomic mass is 10.1. The van der Waals surface area contributed by atoms with E-state index in [1.54, 1.807) is 12.1 Å². The van der Waals surface area contributed by atoms with Crippen molar-refractivity contribution in [3.8, 4) is 11.5 Å². The van der Waals surface area contributed by atoms with Crippen LogP contribution in [0.4, 0.5) is 8.78 Å². The number of nitrogens with two attached hydrogens (primary N) is 1. The van der Waals surface area contributed by atoms with Crippen LogP contribution in [0.5, 0.6) is 11.5 Å². The lowest BCUT2D eigenvalue weighted by molar-refractivity contribution is 0.429. The van der Waals surface area contributed by atoms with Gasteiger partial charge in [-0.05, 0) is 53.0 Å². The second-order valence-corrected chi connectivity index (χ2v) is 5.44. The van der Waals surface area contributed by atoms with Gasteiger partial charge in [-0.3, -0.25) is 0 Å². The number of benzene rings is 2. The SMILES string of the molecule is CC(N)Cc1cccc(F)c1Oc1cc(F)ccc1Br. The molecule has 106 valence electrons. The van der Waals surface area contributed by atoms with Gasteiger partial charge in [-0.2, -0.15) is 0 Å². The van der Waals surface area contributed by atoms with E-state index in [-0.39, 0.29) is 17.5 Å². The number of ether oxygens (including phenoxy) is 1. The van der Waals surface area contributed by atoms with Crippen LogP contribution in [0.25, 0.3) is 0 Å². The highest BCUT2D eigenvalue weighted by molar-refractivity contribution is 9.10. The van der Waals surface area contributed by atoms with Crippen LogP contribution >= 0.6 is 15.9 Å². The molecule has 0 saturated heterocycles. The Morgan fingerprint density at radius 2 is 2.00 bits per heavy atom. The summed E-state index contributed by atoms with van der Waals surface area (Å²) in [4.78, 5) is 0. The smallest absolute Gasteiger partial charge is 0.166 e. The van der Waals surface area contributed by atoms with Crippen molar-refractivity contribution < 1.29 is 13.5 Å². The van der Waals surface area contributed by atoms with Gasteiger partial charge >= 0.3 is 0 Å². The van der Waals surface area contributed by atoms with Gasteiger partial charge in [0.1, 0.15) is 11.6 Å². The molecular formula is C15H14BrF2NO. The molecule has 2 nitrogen and oxygen atoms in total. The second-order valence-electron chi connectivity index (χ2n) is 4.59. The van der Waals surface area contributed by atoms with E-state index in [1.807, 2.05) is 6.92 Å². The molecule has 0 aliphatic rings. The number of hydrogen-bond donors (Lipinski definition) is 1. The summed E-state index contributed by atoms with van der Waals surface area (Å²) in [6.07, 6.45) is 0.472. The van der Waals surface area contributed by atoms with Crippen LogP contribution in [0.3, 0.4) is 0 Å². The maximum Gasteiger partial charge on any atom is 0.166 e. The van der Waals surface area contributed by atoms with Gasteiger partial charge in [0.25, 0.3) is 0 Å². The van der Waals surface area contributed by atoms with Crippen molar-refractivity contribution in [2.75, 3.05) is 0 Å². The summed E-state index contributed by atoms with van der Waals surface area (Å²) in [5.41, 5.74) is 6.39. The van der Waals surface area contributed by atoms with Crippen molar-refractivity contribution in [3.05, 3.63) is 58.1 Å². The first kappa shape index (κ1) is 14.9. The van der Waals surface area contributed by atoms with Gasteiger partial charge in [-0.15, -0.1) is 0 Å². The van der Waals surface area contributed by atoms with Gasteiger partial charge < -0.3 is 10.5 Å². The Hall–Kier alpha value is -1.46. The highest BCUT2D eigenvalue weighted by atomic mass is 79.9. The first-order valence-corrected chi connectivity index (χ1v) is 6.92. The fourth-order valence-electron chi connectivity index (χ4n) is 1.84. The van der Waals surface area contributed by atoms with E-state index in [1.165, 1.54) is 24.3 Å². The molecule has 20 heavy (non-hydrogen) atoms. The molecule has 0 fully saturated rings. The minimum atomic E-state index is -0.501. The molecule has 0 bridgehead atoms. The first-order chi connectivity index (χ1) is 9.47. The molecule has 2 N–H and O–H groups in total. The van der Waals surface area contributed by atoms with E-state index in [4.69, 9.17) is 10.5 Å². The third kappa shape index (κ3) is 3.55. The van der Waals surface area contributed by atoms with E-state index < -0.39 is 11.6 Å². The molecule has 1 atom stereocenters. The summed E-state index contributed by atoms with van der Waals surface area (Å²) in [5.74, 6) is -0.648. The van der Waals surface area contributed by atoms with E-state index in [2.05, 4.69) is 15.9 Å². The van der Waals surface area contributed by atoms with Gasteiger partial charge in [-0.1, -0.05) is 12.1 Å². The van der Waals surface area contributed by atoms with Crippen molar-refractivity contribution in [2.24, 2.45) is 5.73 Å². The molecule has 0 saturated carbocycles. The lowest BCUT2D eigenvalue weighted by Crippen LogP contribution is -2.18. The molecule has 2 aromatic rings. The molecule has 2 aromatic carbocycles. The average Bonchev–Trinajstić information content (AvgIpc) is 2.37. The molecule has 0 radical (unpaired) electrons. The third-order valence-corrected chi connectivity index (χ3v) is 3.35. The Balaban J connectivity index is 2.39. The standard InChI is InChI=1S/C15H14BrF2NO/c1-9(19)7-10-3-2-4-13(18)15(10)20-14-8-11(17)5-6-12(14)16/h2-6,8-9H,7,19H2,1H3. The number of hydrogen-bond acceptors (Lipinski definition) is 2. The van der Waals surface area contributed by atoms with E-state index in [0.717, 1.165) is 0 Å². The molecular weight excluding hydrogens is 328 g/mol. The second kappa shape index (κ2) is 6.33. The quantitative estimate of drug-likeness (QED) is 0.893. The van der Waals surface area contributed by atoms with Crippen molar-refractivity contribution in [1.82, 2.24) is 0 Å². The minimum absolute atomic E-state index is 0.0797. The average molecular weight is 342 g/mol. The predicted molar refractivity (Wildman–Crippen MR) is 77.9 cm³/mol. The summed E-state index contributed by atoms with van der Waals surface area (Å²) < 4.78 is 33.3. The van der Waals surface area contributed by atoms with Crippen molar-refractivity contribution in [2.45, 2.75) is 19.4 Å². The van der Waals surface area contributed by atoms with E-state index in [9.17, 15) is 8.78 Å². The fourth-order valence-corrected chi connectivity index (χ4v) is 2.17. The first-order valence-electron chi connectivity index (χ1n) is 6.13. The lowest BCUT2D eigenvalue weighted by Gasteiger charge is -2.14. The van der Waals surface area contributed by atoms with Gasteiger partial charge in [0.05, 0.1) is 4.47 Å². The van der Waals surface area contributed by atoms with Crippen LogP contribution < -0.4 is 10.5 Å². The Labute approximate surface area is 124 Å². The van der Waals surface area contributed by atoms with Gasteiger partial charge in [0.2, 0.25) is 0 Å². The maximum absolute atomic E-state index is 13.9. The van der Waals surface area contributed by atoms with Crippen molar-refractivity contribution in [3.63, 3.8) is 0 Å². The molecule has 0 aromatic heterocycles. The highest BCUT2D eigenvalue weighted by Gasteiger charge is 2.14. The predicted octanol–water partition coefficient (Wildman–Crippen LogP) is 4.41. The van der Waals surface area contributed by atoms with E-state index >= 15 is 0 Å². The third-order valence-electron chi connectivity index (χ3n) is 2.70. The largest absolute Gasteiger partial charge is 0.453 e. The fraction of sp³-hybridized carbons (Fsp3) is 0.200. The number of para-hydroxylation sites is 1. The Bertz CT molecular complexity index is 617.